The summed E-state index contributed by atoms with van der Waals surface area (Å²) in [5.41, 5.74) is 2.34. The van der Waals surface area contributed by atoms with Crippen molar-refractivity contribution in [1.29, 1.82) is 0 Å². The zero-order chi connectivity index (χ0) is 13.8. The van der Waals surface area contributed by atoms with Crippen molar-refractivity contribution in [3.8, 4) is 0 Å². The van der Waals surface area contributed by atoms with Crippen molar-refractivity contribution in [3.63, 3.8) is 0 Å². The van der Waals surface area contributed by atoms with Gasteiger partial charge in [-0.15, -0.1) is 0 Å². The van der Waals surface area contributed by atoms with E-state index in [-0.39, 0.29) is 0 Å². The maximum absolute atomic E-state index is 4.39. The van der Waals surface area contributed by atoms with E-state index >= 15 is 0 Å². The summed E-state index contributed by atoms with van der Waals surface area (Å²) in [6.07, 6.45) is 7.52. The summed E-state index contributed by atoms with van der Waals surface area (Å²) in [6, 6.07) is 10.7. The molecule has 4 heteroatoms. The third-order valence-corrected chi connectivity index (χ3v) is 3.42. The third-order valence-electron chi connectivity index (χ3n) is 3.42. The molecule has 1 unspecified atom stereocenters. The fraction of sp³-hybridized carbons (Fsp3) is 0.250. The number of nitrogens with one attached hydrogen (secondary N) is 1. The number of imidazole rings is 1. The van der Waals surface area contributed by atoms with Gasteiger partial charge >= 0.3 is 0 Å². The zero-order valence-corrected chi connectivity index (χ0v) is 11.5. The van der Waals surface area contributed by atoms with Crippen LogP contribution in [0.5, 0.6) is 0 Å². The average Bonchev–Trinajstić information content (AvgIpc) is 2.98. The smallest absolute Gasteiger partial charge is 0.0946 e. The van der Waals surface area contributed by atoms with E-state index in [2.05, 4.69) is 45.0 Å². The van der Waals surface area contributed by atoms with Gasteiger partial charge in [-0.1, -0.05) is 18.2 Å². The molecule has 0 aliphatic rings. The van der Waals surface area contributed by atoms with Crippen LogP contribution in [-0.4, -0.2) is 20.6 Å². The van der Waals surface area contributed by atoms with Crippen molar-refractivity contribution in [2.24, 2.45) is 0 Å². The first-order valence-corrected chi connectivity index (χ1v) is 6.84. The lowest BCUT2D eigenvalue weighted by atomic mass is 10.1. The van der Waals surface area contributed by atoms with Crippen LogP contribution in [0.2, 0.25) is 0 Å². The molecule has 0 bridgehead atoms. The number of fused-ring (bicyclic) bond motifs is 1. The molecule has 0 fully saturated rings. The molecule has 0 aliphatic carbocycles. The van der Waals surface area contributed by atoms with Crippen LogP contribution in [0, 0.1) is 0 Å². The van der Waals surface area contributed by atoms with Gasteiger partial charge in [-0.2, -0.15) is 0 Å². The summed E-state index contributed by atoms with van der Waals surface area (Å²) >= 11 is 0. The van der Waals surface area contributed by atoms with Crippen molar-refractivity contribution >= 4 is 10.9 Å². The molecule has 1 N–H and O–H groups in total. The fourth-order valence-electron chi connectivity index (χ4n) is 2.37. The molecule has 102 valence electrons. The summed E-state index contributed by atoms with van der Waals surface area (Å²) in [7, 11) is 0. The fourth-order valence-corrected chi connectivity index (χ4v) is 2.37. The molecule has 0 amide bonds. The lowest BCUT2D eigenvalue weighted by Gasteiger charge is -2.15. The van der Waals surface area contributed by atoms with Crippen molar-refractivity contribution < 1.29 is 0 Å². The quantitative estimate of drug-likeness (QED) is 0.772. The van der Waals surface area contributed by atoms with Gasteiger partial charge in [0.1, 0.15) is 0 Å². The first kappa shape index (κ1) is 12.8. The van der Waals surface area contributed by atoms with Gasteiger partial charge in [0.05, 0.1) is 11.8 Å². The van der Waals surface area contributed by atoms with E-state index in [9.17, 15) is 0 Å². The number of hydrogen-bond donors (Lipinski definition) is 1. The van der Waals surface area contributed by atoms with Crippen molar-refractivity contribution in [1.82, 2.24) is 19.9 Å². The van der Waals surface area contributed by atoms with Crippen LogP contribution in [0.4, 0.5) is 0 Å². The number of pyridine rings is 1. The van der Waals surface area contributed by atoms with E-state index in [1.165, 1.54) is 10.9 Å². The lowest BCUT2D eigenvalue weighted by molar-refractivity contribution is 0.477. The first-order chi connectivity index (χ1) is 9.83. The van der Waals surface area contributed by atoms with E-state index in [0.717, 1.165) is 18.6 Å². The van der Waals surface area contributed by atoms with Crippen LogP contribution >= 0.6 is 0 Å². The van der Waals surface area contributed by atoms with Gasteiger partial charge in [-0.05, 0) is 24.6 Å². The molecule has 3 rings (SSSR count). The highest BCUT2D eigenvalue weighted by atomic mass is 15.1. The van der Waals surface area contributed by atoms with Crippen LogP contribution in [0.1, 0.15) is 12.5 Å². The number of benzene rings is 1. The molecule has 0 radical (unpaired) electrons. The molecule has 1 aromatic carbocycles. The van der Waals surface area contributed by atoms with Crippen molar-refractivity contribution in [2.45, 2.75) is 26.1 Å². The van der Waals surface area contributed by atoms with Gasteiger partial charge in [0.25, 0.3) is 0 Å². The third kappa shape index (κ3) is 2.86. The Labute approximate surface area is 118 Å². The Hall–Kier alpha value is -2.20. The van der Waals surface area contributed by atoms with E-state index in [0.29, 0.717) is 6.04 Å². The second-order valence-electron chi connectivity index (χ2n) is 5.03. The Bertz CT molecular complexity index is 671. The minimum Gasteiger partial charge on any atom is -0.336 e. The maximum atomic E-state index is 4.39. The summed E-state index contributed by atoms with van der Waals surface area (Å²) in [5, 5.41) is 4.77. The maximum Gasteiger partial charge on any atom is 0.0946 e. The summed E-state index contributed by atoms with van der Waals surface area (Å²) < 4.78 is 2.09. The van der Waals surface area contributed by atoms with Crippen molar-refractivity contribution in [3.05, 3.63) is 60.8 Å². The van der Waals surface area contributed by atoms with Gasteiger partial charge in [0.15, 0.2) is 0 Å². The van der Waals surface area contributed by atoms with Gasteiger partial charge < -0.3 is 9.88 Å². The van der Waals surface area contributed by atoms with Crippen LogP contribution in [0.3, 0.4) is 0 Å². The van der Waals surface area contributed by atoms with E-state index in [1.54, 1.807) is 0 Å². The second kappa shape index (κ2) is 5.84. The predicted octanol–water partition coefficient (Wildman–Crippen LogP) is 2.61. The summed E-state index contributed by atoms with van der Waals surface area (Å²) in [5.74, 6) is 0. The molecule has 2 aromatic heterocycles. The minimum absolute atomic E-state index is 0.385. The molecule has 20 heavy (non-hydrogen) atoms. The highest BCUT2D eigenvalue weighted by molar-refractivity contribution is 5.81. The van der Waals surface area contributed by atoms with E-state index in [1.807, 2.05) is 37.1 Å². The van der Waals surface area contributed by atoms with Crippen LogP contribution in [0.15, 0.2) is 55.2 Å². The largest absolute Gasteiger partial charge is 0.336 e. The highest BCUT2D eigenvalue weighted by Crippen LogP contribution is 2.15. The monoisotopic (exact) mass is 266 g/mol. The number of nitrogens with zero attached hydrogens (tertiary/aromatic N) is 3. The normalized spacial score (nSPS) is 12.7. The Kier molecular flexibility index (Phi) is 3.74. The molecule has 2 heterocycles. The Morgan fingerprint density at radius 1 is 1.20 bits per heavy atom. The molecule has 0 spiro atoms. The minimum atomic E-state index is 0.385. The van der Waals surface area contributed by atoms with Crippen LogP contribution < -0.4 is 5.32 Å². The number of rotatable bonds is 5. The number of aromatic nitrogens is 3. The first-order valence-electron chi connectivity index (χ1n) is 6.84. The van der Waals surface area contributed by atoms with Crippen LogP contribution in [-0.2, 0) is 13.1 Å². The van der Waals surface area contributed by atoms with Crippen LogP contribution in [0.25, 0.3) is 10.9 Å². The Morgan fingerprint density at radius 3 is 2.95 bits per heavy atom. The topological polar surface area (TPSA) is 42.7 Å². The molecule has 0 saturated heterocycles. The summed E-state index contributed by atoms with van der Waals surface area (Å²) in [4.78, 5) is 8.45. The Balaban J connectivity index is 1.67. The second-order valence-corrected chi connectivity index (χ2v) is 5.03. The molecular weight excluding hydrogens is 248 g/mol. The molecule has 0 aliphatic heterocycles. The predicted molar refractivity (Wildman–Crippen MR) is 80.3 cm³/mol. The SMILES string of the molecule is CC(Cn1ccnc1)NCc1ccnc2ccccc12. The molecule has 4 nitrogen and oxygen atoms in total. The molecule has 1 atom stereocenters. The number of para-hydroxylation sites is 1. The molecular formula is C16H18N4. The molecule has 0 saturated carbocycles. The molecule has 3 aromatic rings. The van der Waals surface area contributed by atoms with Crippen molar-refractivity contribution in [2.75, 3.05) is 0 Å². The average molecular weight is 266 g/mol. The highest BCUT2D eigenvalue weighted by Gasteiger charge is 2.05. The van der Waals surface area contributed by atoms with Gasteiger partial charge in [0.2, 0.25) is 0 Å². The lowest BCUT2D eigenvalue weighted by Crippen LogP contribution is -2.29. The van der Waals surface area contributed by atoms with Gasteiger partial charge in [-0.3, -0.25) is 4.98 Å². The number of hydrogen-bond acceptors (Lipinski definition) is 3. The summed E-state index contributed by atoms with van der Waals surface area (Å²) in [6.45, 7) is 3.95. The van der Waals surface area contributed by atoms with E-state index < -0.39 is 0 Å². The standard InChI is InChI=1S/C16H18N4/c1-13(11-20-9-8-17-12-20)19-10-14-6-7-18-16-5-3-2-4-15(14)16/h2-9,12-13,19H,10-11H2,1H3. The zero-order valence-electron chi connectivity index (χ0n) is 11.5. The Morgan fingerprint density at radius 2 is 2.10 bits per heavy atom. The van der Waals surface area contributed by atoms with Gasteiger partial charge in [0, 0.05) is 43.1 Å². The van der Waals surface area contributed by atoms with E-state index in [4.69, 9.17) is 0 Å². The van der Waals surface area contributed by atoms with Gasteiger partial charge in [-0.25, -0.2) is 4.98 Å².